The summed E-state index contributed by atoms with van der Waals surface area (Å²) in [5, 5.41) is 7.32. The fourth-order valence-corrected chi connectivity index (χ4v) is 2.40. The number of benzene rings is 1. The van der Waals surface area contributed by atoms with E-state index in [1.165, 1.54) is 0 Å². The predicted octanol–water partition coefficient (Wildman–Crippen LogP) is 1.55. The topological polar surface area (TPSA) is 94.2 Å². The van der Waals surface area contributed by atoms with Crippen molar-refractivity contribution >= 4 is 21.6 Å². The van der Waals surface area contributed by atoms with E-state index in [0.717, 1.165) is 18.2 Å². The summed E-state index contributed by atoms with van der Waals surface area (Å²) in [4.78, 5) is 11.8. The summed E-state index contributed by atoms with van der Waals surface area (Å²) in [6, 6.07) is 6.24. The number of sulfonamides is 1. The molecule has 0 aliphatic carbocycles. The van der Waals surface area contributed by atoms with Gasteiger partial charge in [-0.15, -0.1) is 0 Å². The predicted molar refractivity (Wildman–Crippen MR) is 75.8 cm³/mol. The molecule has 0 saturated heterocycles. The molecule has 8 heteroatoms. The van der Waals surface area contributed by atoms with Gasteiger partial charge in [0.25, 0.3) is 5.91 Å². The van der Waals surface area contributed by atoms with E-state index in [1.807, 2.05) is 6.92 Å². The second-order valence-corrected chi connectivity index (χ2v) is 5.88. The maximum atomic E-state index is 13.7. The quantitative estimate of drug-likeness (QED) is 0.897. The van der Waals surface area contributed by atoms with Crippen LogP contribution in [0.4, 0.5) is 10.1 Å². The highest BCUT2D eigenvalue weighted by atomic mass is 32.2. The Bertz CT molecular complexity index is 784. The first kappa shape index (κ1) is 15.2. The minimum absolute atomic E-state index is 0.240. The second kappa shape index (κ2) is 5.66. The average molecular weight is 311 g/mol. The number of aryl methyl sites for hydroxylation is 1. The van der Waals surface area contributed by atoms with Crippen LogP contribution in [0, 0.1) is 5.82 Å². The molecule has 21 heavy (non-hydrogen) atoms. The number of nitrogens with zero attached hydrogens (tertiary/aromatic N) is 1. The molecule has 0 aliphatic heterocycles. The molecule has 3 N–H and O–H groups in total. The van der Waals surface area contributed by atoms with Gasteiger partial charge >= 0.3 is 0 Å². The molecule has 0 saturated carbocycles. The number of nitrogens with two attached hydrogens (primary N) is 1. The number of rotatable bonds is 4. The van der Waals surface area contributed by atoms with Crippen LogP contribution in [0.5, 0.6) is 0 Å². The maximum Gasteiger partial charge on any atom is 0.272 e. The Morgan fingerprint density at radius 1 is 1.38 bits per heavy atom. The number of nitrogens with one attached hydrogen (secondary N) is 1. The van der Waals surface area contributed by atoms with Gasteiger partial charge in [0.15, 0.2) is 0 Å². The largest absolute Gasteiger partial charge is 0.344 e. The number of hydrogen-bond donors (Lipinski definition) is 2. The van der Waals surface area contributed by atoms with E-state index in [9.17, 15) is 17.6 Å². The summed E-state index contributed by atoms with van der Waals surface area (Å²) in [7, 11) is -3.97. The molecule has 2 rings (SSSR count). The van der Waals surface area contributed by atoms with Crippen molar-refractivity contribution in [3.05, 3.63) is 48.0 Å². The van der Waals surface area contributed by atoms with Gasteiger partial charge in [-0.1, -0.05) is 0 Å². The van der Waals surface area contributed by atoms with Gasteiger partial charge < -0.3 is 9.88 Å². The highest BCUT2D eigenvalue weighted by Gasteiger charge is 2.15. The molecule has 0 atom stereocenters. The number of aromatic nitrogens is 1. The van der Waals surface area contributed by atoms with E-state index in [4.69, 9.17) is 5.14 Å². The van der Waals surface area contributed by atoms with E-state index in [2.05, 4.69) is 5.32 Å². The zero-order valence-corrected chi connectivity index (χ0v) is 12.0. The molecule has 1 aromatic heterocycles. The number of halogens is 1. The third-order valence-corrected chi connectivity index (χ3v) is 3.83. The molecule has 0 unspecified atom stereocenters. The van der Waals surface area contributed by atoms with Gasteiger partial charge in [-0.05, 0) is 37.3 Å². The molecule has 6 nitrogen and oxygen atoms in total. The van der Waals surface area contributed by atoms with Crippen LogP contribution in [0.15, 0.2) is 41.4 Å². The highest BCUT2D eigenvalue weighted by Crippen LogP contribution is 2.19. The lowest BCUT2D eigenvalue weighted by atomic mass is 10.3. The van der Waals surface area contributed by atoms with Crippen LogP contribution in [0.3, 0.4) is 0 Å². The van der Waals surface area contributed by atoms with Gasteiger partial charge in [0, 0.05) is 12.7 Å². The Labute approximate surface area is 121 Å². The second-order valence-electron chi connectivity index (χ2n) is 4.32. The fourth-order valence-electron chi connectivity index (χ4n) is 1.86. The van der Waals surface area contributed by atoms with Crippen LogP contribution < -0.4 is 10.5 Å². The van der Waals surface area contributed by atoms with Gasteiger partial charge in [-0.3, -0.25) is 4.79 Å². The van der Waals surface area contributed by atoms with Gasteiger partial charge in [-0.2, -0.15) is 0 Å². The Morgan fingerprint density at radius 3 is 2.71 bits per heavy atom. The molecule has 0 bridgehead atoms. The molecular weight excluding hydrogens is 297 g/mol. The summed E-state index contributed by atoms with van der Waals surface area (Å²) < 4.78 is 37.9. The van der Waals surface area contributed by atoms with Crippen LogP contribution in [0.1, 0.15) is 17.4 Å². The molecule has 0 spiro atoms. The smallest absolute Gasteiger partial charge is 0.272 e. The minimum atomic E-state index is -3.97. The lowest BCUT2D eigenvalue weighted by molar-refractivity contribution is 0.101. The zero-order chi connectivity index (χ0) is 15.6. The van der Waals surface area contributed by atoms with E-state index >= 15 is 0 Å². The Hall–Kier alpha value is -2.19. The molecule has 112 valence electrons. The first-order chi connectivity index (χ1) is 9.82. The van der Waals surface area contributed by atoms with Crippen LogP contribution in [-0.4, -0.2) is 18.9 Å². The van der Waals surface area contributed by atoms with Gasteiger partial charge in [0.1, 0.15) is 11.5 Å². The summed E-state index contributed by atoms with van der Waals surface area (Å²) in [5.41, 5.74) is 0.105. The average Bonchev–Trinajstić information content (AvgIpc) is 2.88. The fraction of sp³-hybridized carbons (Fsp3) is 0.154. The maximum absolute atomic E-state index is 13.7. The summed E-state index contributed by atoms with van der Waals surface area (Å²) in [5.74, 6) is -1.28. The number of amides is 1. The first-order valence-electron chi connectivity index (χ1n) is 6.11. The number of hydrogen-bond acceptors (Lipinski definition) is 3. The SMILES string of the molecule is CCn1cccc1C(=O)Nc1cc(S(N)(=O)=O)ccc1F. The summed E-state index contributed by atoms with van der Waals surface area (Å²) >= 11 is 0. The number of primary sulfonamides is 1. The van der Waals surface area contributed by atoms with Crippen molar-refractivity contribution in [2.24, 2.45) is 5.14 Å². The van der Waals surface area contributed by atoms with Crippen molar-refractivity contribution in [2.45, 2.75) is 18.4 Å². The standard InChI is InChI=1S/C13H14FN3O3S/c1-2-17-7-3-4-12(17)13(18)16-11-8-9(21(15,19)20)5-6-10(11)14/h3-8H,2H2,1H3,(H,16,18)(H2,15,19,20). The van der Waals surface area contributed by atoms with Crippen LogP contribution in [0.2, 0.25) is 0 Å². The molecule has 0 radical (unpaired) electrons. The van der Waals surface area contributed by atoms with E-state index < -0.39 is 21.7 Å². The van der Waals surface area contributed by atoms with Gasteiger partial charge in [0.2, 0.25) is 10.0 Å². The number of carbonyl (C=O) groups is 1. The van der Waals surface area contributed by atoms with E-state index in [1.54, 1.807) is 22.9 Å². The minimum Gasteiger partial charge on any atom is -0.344 e. The van der Waals surface area contributed by atoms with Crippen molar-refractivity contribution in [1.82, 2.24) is 4.57 Å². The number of anilines is 1. The van der Waals surface area contributed by atoms with Crippen molar-refractivity contribution in [3.8, 4) is 0 Å². The van der Waals surface area contributed by atoms with Crippen molar-refractivity contribution < 1.29 is 17.6 Å². The van der Waals surface area contributed by atoms with Crippen molar-refractivity contribution in [2.75, 3.05) is 5.32 Å². The lowest BCUT2D eigenvalue weighted by Gasteiger charge is -2.09. The van der Waals surface area contributed by atoms with E-state index in [-0.39, 0.29) is 10.6 Å². The normalized spacial score (nSPS) is 11.4. The molecule has 1 aromatic carbocycles. The third-order valence-electron chi connectivity index (χ3n) is 2.92. The Morgan fingerprint density at radius 2 is 2.10 bits per heavy atom. The third kappa shape index (κ3) is 3.29. The molecule has 0 aliphatic rings. The molecule has 1 amide bonds. The number of carbonyl (C=O) groups excluding carboxylic acids is 1. The molecule has 0 fully saturated rings. The monoisotopic (exact) mass is 311 g/mol. The van der Waals surface area contributed by atoms with Crippen LogP contribution in [-0.2, 0) is 16.6 Å². The van der Waals surface area contributed by atoms with Crippen molar-refractivity contribution in [3.63, 3.8) is 0 Å². The lowest BCUT2D eigenvalue weighted by Crippen LogP contribution is -2.18. The van der Waals surface area contributed by atoms with Gasteiger partial charge in [-0.25, -0.2) is 17.9 Å². The van der Waals surface area contributed by atoms with Gasteiger partial charge in [0.05, 0.1) is 10.6 Å². The van der Waals surface area contributed by atoms with Crippen LogP contribution in [0.25, 0.3) is 0 Å². The summed E-state index contributed by atoms with van der Waals surface area (Å²) in [6.45, 7) is 2.44. The van der Waals surface area contributed by atoms with Crippen molar-refractivity contribution in [1.29, 1.82) is 0 Å². The Balaban J connectivity index is 2.33. The molecule has 2 aromatic rings. The summed E-state index contributed by atoms with van der Waals surface area (Å²) in [6.07, 6.45) is 1.71. The highest BCUT2D eigenvalue weighted by molar-refractivity contribution is 7.89. The Kier molecular flexibility index (Phi) is 4.10. The first-order valence-corrected chi connectivity index (χ1v) is 7.66. The van der Waals surface area contributed by atoms with Crippen LogP contribution >= 0.6 is 0 Å². The molecule has 1 heterocycles. The molecular formula is C13H14FN3O3S. The zero-order valence-electron chi connectivity index (χ0n) is 11.2. The van der Waals surface area contributed by atoms with E-state index in [0.29, 0.717) is 12.2 Å².